The molecule has 1 aromatic rings. The second-order valence-electron chi connectivity index (χ2n) is 5.49. The van der Waals surface area contributed by atoms with Gasteiger partial charge in [0.05, 0.1) is 6.61 Å². The van der Waals surface area contributed by atoms with Crippen molar-refractivity contribution in [3.63, 3.8) is 0 Å². The van der Waals surface area contributed by atoms with Gasteiger partial charge >= 0.3 is 5.97 Å². The molecule has 2 rings (SSSR count). The predicted molar refractivity (Wildman–Crippen MR) is 73.8 cm³/mol. The quantitative estimate of drug-likeness (QED) is 0.853. The normalized spacial score (nSPS) is 23.2. The summed E-state index contributed by atoms with van der Waals surface area (Å²) in [5, 5.41) is 8.77. The molecule has 3 heteroatoms. The van der Waals surface area contributed by atoms with Gasteiger partial charge in [0.2, 0.25) is 0 Å². The Bertz CT molecular complexity index is 380. The maximum atomic E-state index is 10.7. The Morgan fingerprint density at radius 3 is 2.37 bits per heavy atom. The molecule has 1 saturated carbocycles. The van der Waals surface area contributed by atoms with Crippen LogP contribution in [0.4, 0.5) is 0 Å². The highest BCUT2D eigenvalue weighted by atomic mass is 16.5. The monoisotopic (exact) mass is 262 g/mol. The standard InChI is InChI=1S/C16H22O3/c17-16(18)10-13-6-8-15(9-7-13)12-19-11-14-4-2-1-3-5-14/h1-5,13,15H,6-12H2,(H,17,18). The first-order valence-corrected chi connectivity index (χ1v) is 7.07. The molecule has 1 aromatic carbocycles. The largest absolute Gasteiger partial charge is 0.481 e. The molecule has 0 radical (unpaired) electrons. The maximum absolute atomic E-state index is 10.7. The molecule has 3 nitrogen and oxygen atoms in total. The van der Waals surface area contributed by atoms with Gasteiger partial charge in [0.25, 0.3) is 0 Å². The second kappa shape index (κ2) is 7.29. The van der Waals surface area contributed by atoms with Gasteiger partial charge in [-0.2, -0.15) is 0 Å². The summed E-state index contributed by atoms with van der Waals surface area (Å²) in [5.41, 5.74) is 1.21. The van der Waals surface area contributed by atoms with Gasteiger partial charge in [-0.15, -0.1) is 0 Å². The fourth-order valence-corrected chi connectivity index (χ4v) is 2.77. The number of ether oxygens (including phenoxy) is 1. The van der Waals surface area contributed by atoms with Crippen molar-refractivity contribution in [1.29, 1.82) is 0 Å². The number of carboxylic acids is 1. The summed E-state index contributed by atoms with van der Waals surface area (Å²) in [5.74, 6) is 0.320. The first-order valence-electron chi connectivity index (χ1n) is 7.07. The smallest absolute Gasteiger partial charge is 0.303 e. The molecule has 19 heavy (non-hydrogen) atoms. The first kappa shape index (κ1) is 14.1. The molecule has 0 heterocycles. The number of rotatable bonds is 6. The average molecular weight is 262 g/mol. The van der Waals surface area contributed by atoms with E-state index in [0.717, 1.165) is 32.3 Å². The highest BCUT2D eigenvalue weighted by Gasteiger charge is 2.22. The number of carbonyl (C=O) groups is 1. The summed E-state index contributed by atoms with van der Waals surface area (Å²) >= 11 is 0. The van der Waals surface area contributed by atoms with E-state index in [4.69, 9.17) is 9.84 Å². The van der Waals surface area contributed by atoms with Gasteiger partial charge in [0, 0.05) is 13.0 Å². The fraction of sp³-hybridized carbons (Fsp3) is 0.562. The van der Waals surface area contributed by atoms with Crippen molar-refractivity contribution in [2.45, 2.75) is 38.7 Å². The number of carboxylic acid groups (broad SMARTS) is 1. The fourth-order valence-electron chi connectivity index (χ4n) is 2.77. The third-order valence-corrected chi connectivity index (χ3v) is 3.89. The molecule has 0 bridgehead atoms. The minimum Gasteiger partial charge on any atom is -0.481 e. The van der Waals surface area contributed by atoms with Crippen LogP contribution < -0.4 is 0 Å². The van der Waals surface area contributed by atoms with E-state index in [2.05, 4.69) is 12.1 Å². The van der Waals surface area contributed by atoms with Crippen LogP contribution >= 0.6 is 0 Å². The zero-order chi connectivity index (χ0) is 13.5. The van der Waals surface area contributed by atoms with E-state index < -0.39 is 5.97 Å². The van der Waals surface area contributed by atoms with E-state index in [1.807, 2.05) is 18.2 Å². The Morgan fingerprint density at radius 2 is 1.74 bits per heavy atom. The Labute approximate surface area is 114 Å². The molecule has 0 aliphatic heterocycles. The zero-order valence-corrected chi connectivity index (χ0v) is 11.3. The zero-order valence-electron chi connectivity index (χ0n) is 11.3. The third kappa shape index (κ3) is 5.03. The molecule has 0 aromatic heterocycles. The Balaban J connectivity index is 1.62. The molecule has 1 aliphatic rings. The Morgan fingerprint density at radius 1 is 1.11 bits per heavy atom. The summed E-state index contributed by atoms with van der Waals surface area (Å²) < 4.78 is 5.76. The Hall–Kier alpha value is -1.35. The van der Waals surface area contributed by atoms with Crippen LogP contribution in [0.15, 0.2) is 30.3 Å². The van der Waals surface area contributed by atoms with Gasteiger partial charge < -0.3 is 9.84 Å². The molecule has 0 spiro atoms. The van der Waals surface area contributed by atoms with Gasteiger partial charge in [0.15, 0.2) is 0 Å². The van der Waals surface area contributed by atoms with E-state index >= 15 is 0 Å². The van der Waals surface area contributed by atoms with E-state index in [0.29, 0.717) is 24.9 Å². The van der Waals surface area contributed by atoms with Crippen molar-refractivity contribution in [2.24, 2.45) is 11.8 Å². The van der Waals surface area contributed by atoms with Gasteiger partial charge in [-0.3, -0.25) is 4.79 Å². The van der Waals surface area contributed by atoms with Crippen molar-refractivity contribution >= 4 is 5.97 Å². The highest BCUT2D eigenvalue weighted by molar-refractivity contribution is 5.67. The summed E-state index contributed by atoms with van der Waals surface area (Å²) in [6, 6.07) is 10.2. The Kier molecular flexibility index (Phi) is 5.40. The average Bonchev–Trinajstić information content (AvgIpc) is 2.41. The van der Waals surface area contributed by atoms with Crippen LogP contribution in [0.3, 0.4) is 0 Å². The number of aliphatic carboxylic acids is 1. The van der Waals surface area contributed by atoms with Gasteiger partial charge in [-0.1, -0.05) is 30.3 Å². The lowest BCUT2D eigenvalue weighted by Gasteiger charge is -2.27. The summed E-state index contributed by atoms with van der Waals surface area (Å²) in [4.78, 5) is 10.7. The number of hydrogen-bond donors (Lipinski definition) is 1. The molecule has 1 fully saturated rings. The first-order chi connectivity index (χ1) is 9.24. The minimum atomic E-state index is -0.663. The topological polar surface area (TPSA) is 46.5 Å². The number of benzene rings is 1. The molecule has 0 atom stereocenters. The van der Waals surface area contributed by atoms with Crippen molar-refractivity contribution in [3.8, 4) is 0 Å². The molecule has 0 saturated heterocycles. The van der Waals surface area contributed by atoms with Crippen LogP contribution in [0.25, 0.3) is 0 Å². The van der Waals surface area contributed by atoms with Crippen LogP contribution in [0, 0.1) is 11.8 Å². The molecule has 1 aliphatic carbocycles. The molecule has 1 N–H and O–H groups in total. The van der Waals surface area contributed by atoms with Crippen LogP contribution in [-0.4, -0.2) is 17.7 Å². The van der Waals surface area contributed by atoms with Gasteiger partial charge in [-0.05, 0) is 43.1 Å². The van der Waals surface area contributed by atoms with Crippen molar-refractivity contribution in [2.75, 3.05) is 6.61 Å². The molecular formula is C16H22O3. The van der Waals surface area contributed by atoms with E-state index in [9.17, 15) is 4.79 Å². The van der Waals surface area contributed by atoms with Crippen LogP contribution in [0.5, 0.6) is 0 Å². The SMILES string of the molecule is O=C(O)CC1CCC(COCc2ccccc2)CC1. The van der Waals surface area contributed by atoms with Crippen LogP contribution in [0.1, 0.15) is 37.7 Å². The maximum Gasteiger partial charge on any atom is 0.303 e. The lowest BCUT2D eigenvalue weighted by atomic mass is 9.81. The molecule has 0 amide bonds. The van der Waals surface area contributed by atoms with Crippen molar-refractivity contribution in [1.82, 2.24) is 0 Å². The second-order valence-corrected chi connectivity index (χ2v) is 5.49. The summed E-state index contributed by atoms with van der Waals surface area (Å²) in [6.07, 6.45) is 4.61. The van der Waals surface area contributed by atoms with Crippen molar-refractivity contribution in [3.05, 3.63) is 35.9 Å². The molecule has 0 unspecified atom stereocenters. The summed E-state index contributed by atoms with van der Waals surface area (Å²) in [6.45, 7) is 1.48. The number of hydrogen-bond acceptors (Lipinski definition) is 2. The minimum absolute atomic E-state index is 0.331. The third-order valence-electron chi connectivity index (χ3n) is 3.89. The van der Waals surface area contributed by atoms with Gasteiger partial charge in [-0.25, -0.2) is 0 Å². The lowest BCUT2D eigenvalue weighted by Crippen LogP contribution is -2.20. The molecular weight excluding hydrogens is 240 g/mol. The highest BCUT2D eigenvalue weighted by Crippen LogP contribution is 2.31. The van der Waals surface area contributed by atoms with E-state index in [1.165, 1.54) is 5.56 Å². The lowest BCUT2D eigenvalue weighted by molar-refractivity contribution is -0.138. The predicted octanol–water partition coefficient (Wildman–Crippen LogP) is 3.48. The summed E-state index contributed by atoms with van der Waals surface area (Å²) in [7, 11) is 0. The van der Waals surface area contributed by atoms with Gasteiger partial charge in [0.1, 0.15) is 0 Å². The van der Waals surface area contributed by atoms with Crippen molar-refractivity contribution < 1.29 is 14.6 Å². The van der Waals surface area contributed by atoms with Crippen LogP contribution in [-0.2, 0) is 16.1 Å². The van der Waals surface area contributed by atoms with Crippen LogP contribution in [0.2, 0.25) is 0 Å². The molecule has 104 valence electrons. The van der Waals surface area contributed by atoms with E-state index in [-0.39, 0.29) is 0 Å². The van der Waals surface area contributed by atoms with E-state index in [1.54, 1.807) is 0 Å².